The third-order valence-corrected chi connectivity index (χ3v) is 4.50. The lowest BCUT2D eigenvalue weighted by Crippen LogP contribution is -2.38. The first-order valence-corrected chi connectivity index (χ1v) is 6.67. The van der Waals surface area contributed by atoms with Crippen molar-refractivity contribution in [2.24, 2.45) is 11.8 Å². The molecule has 18 heavy (non-hydrogen) atoms. The van der Waals surface area contributed by atoms with Gasteiger partial charge in [0.15, 0.2) is 0 Å². The zero-order chi connectivity index (χ0) is 12.7. The summed E-state index contributed by atoms with van der Waals surface area (Å²) >= 11 is 6.04. The second kappa shape index (κ2) is 4.52. The fourth-order valence-corrected chi connectivity index (χ4v) is 3.34. The van der Waals surface area contributed by atoms with E-state index in [0.29, 0.717) is 22.4 Å². The second-order valence-corrected chi connectivity index (χ2v) is 5.54. The Labute approximate surface area is 111 Å². The molecule has 1 N–H and O–H groups in total. The maximum Gasteiger partial charge on any atom is 0.255 e. The van der Waals surface area contributed by atoms with E-state index in [1.54, 1.807) is 12.3 Å². The molecule has 2 fully saturated rings. The first-order chi connectivity index (χ1) is 8.68. The highest BCUT2D eigenvalue weighted by Crippen LogP contribution is 2.33. The highest BCUT2D eigenvalue weighted by atomic mass is 35.5. The average Bonchev–Trinajstić information content (AvgIpc) is 2.93. The number of halogens is 1. The van der Waals surface area contributed by atoms with Gasteiger partial charge in [0.05, 0.1) is 10.6 Å². The number of aromatic nitrogens is 1. The molecule has 0 aromatic carbocycles. The van der Waals surface area contributed by atoms with Crippen molar-refractivity contribution in [2.45, 2.75) is 13.0 Å². The minimum absolute atomic E-state index is 0.0318. The van der Waals surface area contributed by atoms with Crippen molar-refractivity contribution >= 4 is 17.5 Å². The number of hydrogen-bond donors (Lipinski definition) is 1. The Hall–Kier alpha value is -1.13. The Morgan fingerprint density at radius 2 is 2.39 bits per heavy atom. The van der Waals surface area contributed by atoms with E-state index in [-0.39, 0.29) is 11.9 Å². The third-order valence-electron chi connectivity index (χ3n) is 4.20. The Bertz CT molecular complexity index is 479. The van der Waals surface area contributed by atoms with Crippen molar-refractivity contribution in [3.8, 4) is 0 Å². The van der Waals surface area contributed by atoms with E-state index in [1.807, 2.05) is 4.90 Å². The third kappa shape index (κ3) is 1.80. The summed E-state index contributed by atoms with van der Waals surface area (Å²) in [5.74, 6) is 1.20. The van der Waals surface area contributed by atoms with Gasteiger partial charge < -0.3 is 10.2 Å². The van der Waals surface area contributed by atoms with E-state index in [0.717, 1.165) is 19.6 Å². The molecule has 96 valence electrons. The van der Waals surface area contributed by atoms with Crippen LogP contribution in [0.1, 0.15) is 17.3 Å². The SMILES string of the molecule is CC1C2CNCC2CN1C(=O)c1ccncc1Cl. The number of amides is 1. The molecule has 3 atom stereocenters. The molecular formula is C13H16ClN3O. The molecule has 0 saturated carbocycles. The maximum atomic E-state index is 12.5. The number of pyridine rings is 1. The number of fused-ring (bicyclic) bond motifs is 1. The fraction of sp³-hybridized carbons (Fsp3) is 0.538. The van der Waals surface area contributed by atoms with Crippen LogP contribution in [-0.2, 0) is 0 Å². The number of nitrogens with zero attached hydrogens (tertiary/aromatic N) is 2. The van der Waals surface area contributed by atoms with Crippen LogP contribution in [0.2, 0.25) is 5.02 Å². The van der Waals surface area contributed by atoms with Crippen molar-refractivity contribution < 1.29 is 4.79 Å². The average molecular weight is 266 g/mol. The molecule has 5 heteroatoms. The molecule has 0 aliphatic carbocycles. The second-order valence-electron chi connectivity index (χ2n) is 5.14. The highest BCUT2D eigenvalue weighted by molar-refractivity contribution is 6.33. The van der Waals surface area contributed by atoms with Crippen LogP contribution in [0.5, 0.6) is 0 Å². The molecule has 3 unspecified atom stereocenters. The Morgan fingerprint density at radius 3 is 3.11 bits per heavy atom. The van der Waals surface area contributed by atoms with Crippen LogP contribution in [0.3, 0.4) is 0 Å². The molecular weight excluding hydrogens is 250 g/mol. The highest BCUT2D eigenvalue weighted by Gasteiger charge is 2.44. The Morgan fingerprint density at radius 1 is 1.56 bits per heavy atom. The van der Waals surface area contributed by atoms with Crippen molar-refractivity contribution in [1.82, 2.24) is 15.2 Å². The first-order valence-electron chi connectivity index (χ1n) is 6.29. The predicted molar refractivity (Wildman–Crippen MR) is 69.6 cm³/mol. The molecule has 1 aromatic heterocycles. The number of carbonyl (C=O) groups is 1. The number of rotatable bonds is 1. The van der Waals surface area contributed by atoms with Crippen LogP contribution in [0.25, 0.3) is 0 Å². The zero-order valence-electron chi connectivity index (χ0n) is 10.3. The Kier molecular flexibility index (Phi) is 2.99. The molecule has 2 aliphatic heterocycles. The lowest BCUT2D eigenvalue weighted by Gasteiger charge is -2.24. The minimum Gasteiger partial charge on any atom is -0.335 e. The summed E-state index contributed by atoms with van der Waals surface area (Å²) in [6.45, 7) is 4.99. The zero-order valence-corrected chi connectivity index (χ0v) is 11.0. The van der Waals surface area contributed by atoms with Gasteiger partial charge in [0.1, 0.15) is 0 Å². The lowest BCUT2D eigenvalue weighted by atomic mass is 9.95. The molecule has 2 saturated heterocycles. The standard InChI is InChI=1S/C13H16ClN3O/c1-8-11-5-16-4-9(11)7-17(8)13(18)10-2-3-15-6-12(10)14/h2-3,6,8-9,11,16H,4-5,7H2,1H3. The van der Waals surface area contributed by atoms with Gasteiger partial charge in [0.2, 0.25) is 0 Å². The van der Waals surface area contributed by atoms with E-state index in [9.17, 15) is 4.79 Å². The summed E-state index contributed by atoms with van der Waals surface area (Å²) in [5.41, 5.74) is 0.562. The number of likely N-dealkylation sites (tertiary alicyclic amines) is 1. The van der Waals surface area contributed by atoms with E-state index in [1.165, 1.54) is 6.20 Å². The molecule has 4 nitrogen and oxygen atoms in total. The summed E-state index contributed by atoms with van der Waals surface area (Å²) in [7, 11) is 0. The van der Waals surface area contributed by atoms with Gasteiger partial charge in [-0.2, -0.15) is 0 Å². The van der Waals surface area contributed by atoms with Crippen LogP contribution in [0.15, 0.2) is 18.5 Å². The van der Waals surface area contributed by atoms with Crippen LogP contribution in [0.4, 0.5) is 0 Å². The maximum absolute atomic E-state index is 12.5. The van der Waals surface area contributed by atoms with E-state index in [2.05, 4.69) is 17.2 Å². The quantitative estimate of drug-likeness (QED) is 0.835. The van der Waals surface area contributed by atoms with Crippen LogP contribution >= 0.6 is 11.6 Å². The largest absolute Gasteiger partial charge is 0.335 e. The number of nitrogens with one attached hydrogen (secondary N) is 1. The number of hydrogen-bond acceptors (Lipinski definition) is 3. The van der Waals surface area contributed by atoms with Gasteiger partial charge in [-0.15, -0.1) is 0 Å². The smallest absolute Gasteiger partial charge is 0.255 e. The monoisotopic (exact) mass is 265 g/mol. The van der Waals surface area contributed by atoms with Gasteiger partial charge in [0, 0.05) is 38.1 Å². The summed E-state index contributed by atoms with van der Waals surface area (Å²) in [6, 6.07) is 1.98. The van der Waals surface area contributed by atoms with Crippen molar-refractivity contribution in [3.05, 3.63) is 29.0 Å². The molecule has 0 spiro atoms. The minimum atomic E-state index is 0.0318. The topological polar surface area (TPSA) is 45.2 Å². The normalized spacial score (nSPS) is 30.6. The van der Waals surface area contributed by atoms with Crippen LogP contribution in [0, 0.1) is 11.8 Å². The van der Waals surface area contributed by atoms with Gasteiger partial charge in [-0.1, -0.05) is 11.6 Å². The first kappa shape index (κ1) is 11.9. The van der Waals surface area contributed by atoms with Crippen LogP contribution in [-0.4, -0.2) is 41.5 Å². The van der Waals surface area contributed by atoms with E-state index in [4.69, 9.17) is 11.6 Å². The summed E-state index contributed by atoms with van der Waals surface area (Å²) in [6.07, 6.45) is 3.14. The lowest BCUT2D eigenvalue weighted by molar-refractivity contribution is 0.0728. The molecule has 1 amide bonds. The summed E-state index contributed by atoms with van der Waals surface area (Å²) < 4.78 is 0. The molecule has 0 bridgehead atoms. The van der Waals surface area contributed by atoms with E-state index < -0.39 is 0 Å². The molecule has 0 radical (unpaired) electrons. The summed E-state index contributed by atoms with van der Waals surface area (Å²) in [4.78, 5) is 18.4. The predicted octanol–water partition coefficient (Wildman–Crippen LogP) is 1.41. The van der Waals surface area contributed by atoms with Gasteiger partial charge in [-0.3, -0.25) is 9.78 Å². The van der Waals surface area contributed by atoms with Gasteiger partial charge in [-0.25, -0.2) is 0 Å². The molecule has 2 aliphatic rings. The fourth-order valence-electron chi connectivity index (χ4n) is 3.14. The van der Waals surface area contributed by atoms with E-state index >= 15 is 0 Å². The molecule has 3 rings (SSSR count). The van der Waals surface area contributed by atoms with Gasteiger partial charge in [-0.05, 0) is 24.8 Å². The molecule has 1 aromatic rings. The van der Waals surface area contributed by atoms with Crippen LogP contribution < -0.4 is 5.32 Å². The number of carbonyl (C=O) groups excluding carboxylic acids is 1. The molecule has 3 heterocycles. The Balaban J connectivity index is 1.84. The van der Waals surface area contributed by atoms with Crippen molar-refractivity contribution in [1.29, 1.82) is 0 Å². The van der Waals surface area contributed by atoms with Gasteiger partial charge in [0.25, 0.3) is 5.91 Å². The van der Waals surface area contributed by atoms with Crippen molar-refractivity contribution in [3.63, 3.8) is 0 Å². The van der Waals surface area contributed by atoms with Gasteiger partial charge >= 0.3 is 0 Å². The van der Waals surface area contributed by atoms with Crippen molar-refractivity contribution in [2.75, 3.05) is 19.6 Å². The summed E-state index contributed by atoms with van der Waals surface area (Å²) in [5, 5.41) is 3.83.